The molecule has 0 amide bonds. The van der Waals surface area contributed by atoms with Crippen LogP contribution in [0.1, 0.15) is 31.9 Å². The Kier molecular flexibility index (Phi) is 3.77. The van der Waals surface area contributed by atoms with Crippen LogP contribution in [0.3, 0.4) is 0 Å². The third-order valence-corrected chi connectivity index (χ3v) is 3.49. The monoisotopic (exact) mass is 266 g/mol. The number of thiocarbonyl (C=S) groups is 1. The first-order chi connectivity index (χ1) is 8.48. The molecule has 0 spiro atoms. The fourth-order valence-electron chi connectivity index (χ4n) is 2.10. The normalized spacial score (nSPS) is 24.7. The Morgan fingerprint density at radius 1 is 1.39 bits per heavy atom. The Hall–Kier alpha value is -1.27. The highest BCUT2D eigenvalue weighted by atomic mass is 32.1. The van der Waals surface area contributed by atoms with Gasteiger partial charge in [-0.25, -0.2) is 9.97 Å². The number of aliphatic hydroxyl groups is 1. The minimum atomic E-state index is -0.569. The smallest absolute Gasteiger partial charge is 0.147 e. The molecule has 1 aromatic heterocycles. The van der Waals surface area contributed by atoms with Crippen LogP contribution >= 0.6 is 12.2 Å². The maximum absolute atomic E-state index is 10.0. The van der Waals surface area contributed by atoms with Crippen molar-refractivity contribution in [3.05, 3.63) is 18.1 Å². The summed E-state index contributed by atoms with van der Waals surface area (Å²) in [5, 5.41) is 10.0. The van der Waals surface area contributed by atoms with E-state index in [2.05, 4.69) is 14.9 Å². The molecule has 1 aliphatic rings. The number of hydrogen-bond donors (Lipinski definition) is 2. The van der Waals surface area contributed by atoms with Crippen molar-refractivity contribution in [1.82, 2.24) is 9.97 Å². The second kappa shape index (κ2) is 5.16. The first kappa shape index (κ1) is 13.2. The summed E-state index contributed by atoms with van der Waals surface area (Å²) < 4.78 is 0. The molecule has 0 bridgehead atoms. The second-order valence-corrected chi connectivity index (χ2v) is 5.40. The molecule has 1 fully saturated rings. The zero-order valence-electron chi connectivity index (χ0n) is 10.5. The van der Waals surface area contributed by atoms with Crippen molar-refractivity contribution >= 4 is 23.0 Å². The molecule has 3 N–H and O–H groups in total. The molecule has 1 saturated heterocycles. The van der Waals surface area contributed by atoms with Gasteiger partial charge in [0.15, 0.2) is 0 Å². The molecule has 1 aromatic rings. The third-order valence-electron chi connectivity index (χ3n) is 3.28. The van der Waals surface area contributed by atoms with E-state index >= 15 is 0 Å². The van der Waals surface area contributed by atoms with E-state index in [1.165, 1.54) is 0 Å². The van der Waals surface area contributed by atoms with Crippen LogP contribution in [-0.4, -0.2) is 38.8 Å². The molecule has 6 heteroatoms. The molecule has 1 aliphatic heterocycles. The maximum Gasteiger partial charge on any atom is 0.147 e. The van der Waals surface area contributed by atoms with Gasteiger partial charge in [0.2, 0.25) is 0 Å². The van der Waals surface area contributed by atoms with Crippen molar-refractivity contribution < 1.29 is 5.11 Å². The highest BCUT2D eigenvalue weighted by Crippen LogP contribution is 2.23. The van der Waals surface area contributed by atoms with Crippen molar-refractivity contribution in [1.29, 1.82) is 0 Å². The van der Waals surface area contributed by atoms with Gasteiger partial charge >= 0.3 is 0 Å². The number of rotatable bonds is 2. The number of anilines is 1. The molecule has 0 aliphatic carbocycles. The van der Waals surface area contributed by atoms with Gasteiger partial charge in [-0.3, -0.25) is 0 Å². The lowest BCUT2D eigenvalue weighted by atomic mass is 9.98. The molecule has 2 rings (SSSR count). The lowest BCUT2D eigenvalue weighted by Gasteiger charge is -2.23. The number of nitrogens with zero attached hydrogens (tertiary/aromatic N) is 3. The minimum Gasteiger partial charge on any atom is -0.390 e. The summed E-state index contributed by atoms with van der Waals surface area (Å²) in [6, 6.07) is 0. The average molecular weight is 266 g/mol. The molecule has 1 unspecified atom stereocenters. The lowest BCUT2D eigenvalue weighted by molar-refractivity contribution is 0.0481. The van der Waals surface area contributed by atoms with Gasteiger partial charge in [0.25, 0.3) is 0 Å². The first-order valence-electron chi connectivity index (χ1n) is 6.07. The topological polar surface area (TPSA) is 75.3 Å². The Balaban J connectivity index is 2.09. The van der Waals surface area contributed by atoms with E-state index in [0.717, 1.165) is 38.2 Å². The second-order valence-electron chi connectivity index (χ2n) is 4.96. The van der Waals surface area contributed by atoms with E-state index in [9.17, 15) is 5.11 Å². The highest BCUT2D eigenvalue weighted by molar-refractivity contribution is 7.80. The van der Waals surface area contributed by atoms with Gasteiger partial charge in [-0.1, -0.05) is 12.2 Å². The Labute approximate surface area is 112 Å². The van der Waals surface area contributed by atoms with Crippen molar-refractivity contribution in [2.45, 2.75) is 31.8 Å². The average Bonchev–Trinajstić information content (AvgIpc) is 2.50. The molecular formula is C12H18N4OS. The molecule has 1 atom stereocenters. The van der Waals surface area contributed by atoms with Gasteiger partial charge in [-0.15, -0.1) is 0 Å². The van der Waals surface area contributed by atoms with Crippen LogP contribution in [0.25, 0.3) is 0 Å². The van der Waals surface area contributed by atoms with Crippen LogP contribution in [0.2, 0.25) is 0 Å². The molecule has 0 saturated carbocycles. The molecule has 0 aromatic carbocycles. The number of nitrogens with two attached hydrogens (primary N) is 1. The predicted octanol–water partition coefficient (Wildman–Crippen LogP) is 0.852. The van der Waals surface area contributed by atoms with Crippen LogP contribution in [0, 0.1) is 0 Å². The van der Waals surface area contributed by atoms with Gasteiger partial charge in [-0.05, 0) is 26.2 Å². The van der Waals surface area contributed by atoms with Gasteiger partial charge in [0.1, 0.15) is 16.5 Å². The summed E-state index contributed by atoms with van der Waals surface area (Å²) in [4.78, 5) is 10.9. The summed E-state index contributed by atoms with van der Waals surface area (Å²) in [7, 11) is 0. The SMILES string of the molecule is CC1(O)CCCN(c2cnc(C(N)=S)cn2)CC1. The van der Waals surface area contributed by atoms with Gasteiger partial charge in [0, 0.05) is 13.1 Å². The summed E-state index contributed by atoms with van der Waals surface area (Å²) in [6.07, 6.45) is 5.80. The minimum absolute atomic E-state index is 0.257. The maximum atomic E-state index is 10.0. The van der Waals surface area contributed by atoms with Gasteiger partial charge in [0.05, 0.1) is 18.0 Å². The Morgan fingerprint density at radius 2 is 2.17 bits per heavy atom. The van der Waals surface area contributed by atoms with E-state index in [4.69, 9.17) is 18.0 Å². The predicted molar refractivity (Wildman–Crippen MR) is 74.6 cm³/mol. The van der Waals surface area contributed by atoms with E-state index in [1.807, 2.05) is 6.92 Å². The molecule has 18 heavy (non-hydrogen) atoms. The molecule has 98 valence electrons. The van der Waals surface area contributed by atoms with Crippen LogP contribution in [0.15, 0.2) is 12.4 Å². The van der Waals surface area contributed by atoms with Crippen LogP contribution in [0.5, 0.6) is 0 Å². The largest absolute Gasteiger partial charge is 0.390 e. The highest BCUT2D eigenvalue weighted by Gasteiger charge is 2.25. The number of aromatic nitrogens is 2. The van der Waals surface area contributed by atoms with E-state index in [-0.39, 0.29) is 4.99 Å². The fourth-order valence-corrected chi connectivity index (χ4v) is 2.21. The van der Waals surface area contributed by atoms with Crippen molar-refractivity contribution in [2.24, 2.45) is 5.73 Å². The van der Waals surface area contributed by atoms with Crippen LogP contribution < -0.4 is 10.6 Å². The number of hydrogen-bond acceptors (Lipinski definition) is 5. The Bertz CT molecular complexity index is 432. The molecule has 2 heterocycles. The van der Waals surface area contributed by atoms with Gasteiger partial charge in [-0.2, -0.15) is 0 Å². The fraction of sp³-hybridized carbons (Fsp3) is 0.583. The molecule has 5 nitrogen and oxygen atoms in total. The Morgan fingerprint density at radius 3 is 2.78 bits per heavy atom. The van der Waals surface area contributed by atoms with Crippen molar-refractivity contribution in [3.8, 4) is 0 Å². The van der Waals surface area contributed by atoms with Gasteiger partial charge < -0.3 is 15.7 Å². The van der Waals surface area contributed by atoms with Crippen LogP contribution in [0.4, 0.5) is 5.82 Å². The summed E-state index contributed by atoms with van der Waals surface area (Å²) in [5.41, 5.74) is 5.45. The summed E-state index contributed by atoms with van der Waals surface area (Å²) >= 11 is 4.84. The quantitative estimate of drug-likeness (QED) is 0.773. The zero-order chi connectivity index (χ0) is 13.2. The molecular weight excluding hydrogens is 248 g/mol. The lowest BCUT2D eigenvalue weighted by Crippen LogP contribution is -2.29. The van der Waals surface area contributed by atoms with E-state index < -0.39 is 5.60 Å². The van der Waals surface area contributed by atoms with E-state index in [1.54, 1.807) is 12.4 Å². The van der Waals surface area contributed by atoms with Crippen molar-refractivity contribution in [2.75, 3.05) is 18.0 Å². The molecule has 0 radical (unpaired) electrons. The summed E-state index contributed by atoms with van der Waals surface area (Å²) in [5.74, 6) is 0.813. The zero-order valence-corrected chi connectivity index (χ0v) is 11.3. The first-order valence-corrected chi connectivity index (χ1v) is 6.48. The standard InChI is InChI=1S/C12H18N4OS/c1-12(17)3-2-5-16(6-4-12)10-8-14-9(7-15-10)11(13)18/h7-8,17H,2-6H2,1H3,(H2,13,18). The third kappa shape index (κ3) is 3.14. The van der Waals surface area contributed by atoms with E-state index in [0.29, 0.717) is 5.69 Å². The van der Waals surface area contributed by atoms with Crippen molar-refractivity contribution in [3.63, 3.8) is 0 Å². The summed E-state index contributed by atoms with van der Waals surface area (Å²) in [6.45, 7) is 3.56. The van der Waals surface area contributed by atoms with Crippen LogP contribution in [-0.2, 0) is 0 Å².